The molecule has 0 aliphatic rings. The van der Waals surface area contributed by atoms with E-state index >= 15 is 0 Å². The van der Waals surface area contributed by atoms with E-state index in [4.69, 9.17) is 4.42 Å². The number of hydrogen-bond donors (Lipinski definition) is 0. The Morgan fingerprint density at radius 1 is 1.35 bits per heavy atom. The number of carbonyl (C=O) groups excluding carboxylic acids is 1. The van der Waals surface area contributed by atoms with Crippen LogP contribution in [-0.4, -0.2) is 5.78 Å². The first-order valence-electron chi connectivity index (χ1n) is 6.31. The summed E-state index contributed by atoms with van der Waals surface area (Å²) in [6, 6.07) is 3.49. The molecule has 1 aromatic heterocycles. The molecule has 0 aliphatic heterocycles. The minimum Gasteiger partial charge on any atom is -0.446 e. The van der Waals surface area contributed by atoms with E-state index in [9.17, 15) is 4.79 Å². The Morgan fingerprint density at radius 2 is 2.06 bits per heavy atom. The van der Waals surface area contributed by atoms with Gasteiger partial charge >= 0.3 is 0 Å². The number of Topliss-reactive ketones (excluding diaryl/α,β-unsaturated/α-hetero) is 1. The highest BCUT2D eigenvalue weighted by Crippen LogP contribution is 2.21. The van der Waals surface area contributed by atoms with Gasteiger partial charge in [0.2, 0.25) is 0 Å². The molecule has 2 unspecified atom stereocenters. The highest BCUT2D eigenvalue weighted by molar-refractivity contribution is 9.10. The van der Waals surface area contributed by atoms with Gasteiger partial charge in [-0.1, -0.05) is 27.2 Å². The fourth-order valence-corrected chi connectivity index (χ4v) is 2.24. The molecule has 0 amide bonds. The van der Waals surface area contributed by atoms with Gasteiger partial charge in [0.05, 0.1) is 0 Å². The number of ketones is 1. The van der Waals surface area contributed by atoms with E-state index in [2.05, 4.69) is 36.7 Å². The molecular weight excluding hydrogens is 280 g/mol. The van der Waals surface area contributed by atoms with Crippen LogP contribution < -0.4 is 0 Å². The zero-order valence-electron chi connectivity index (χ0n) is 10.8. The molecule has 0 N–H and O–H groups in total. The van der Waals surface area contributed by atoms with Crippen LogP contribution >= 0.6 is 15.9 Å². The lowest BCUT2D eigenvalue weighted by Crippen LogP contribution is -2.05. The van der Waals surface area contributed by atoms with Crippen molar-refractivity contribution >= 4 is 21.7 Å². The molecule has 0 radical (unpaired) electrons. The normalized spacial score (nSPS) is 14.6. The first-order valence-corrected chi connectivity index (χ1v) is 7.10. The average molecular weight is 301 g/mol. The molecule has 2 nitrogen and oxygen atoms in total. The minimum absolute atomic E-state index is 0.103. The summed E-state index contributed by atoms with van der Waals surface area (Å²) in [6.45, 7) is 6.70. The van der Waals surface area contributed by atoms with E-state index in [1.165, 1.54) is 12.8 Å². The van der Waals surface area contributed by atoms with Crippen molar-refractivity contribution < 1.29 is 9.21 Å². The predicted octanol–water partition coefficient (Wildman–Crippen LogP) is 5.08. The Kier molecular flexibility index (Phi) is 5.96. The summed E-state index contributed by atoms with van der Waals surface area (Å²) < 4.78 is 5.87. The Bertz CT molecular complexity index is 357. The maximum atomic E-state index is 11.8. The molecule has 0 aliphatic carbocycles. The van der Waals surface area contributed by atoms with Crippen LogP contribution in [0.15, 0.2) is 21.2 Å². The first kappa shape index (κ1) is 14.5. The molecule has 17 heavy (non-hydrogen) atoms. The SMILES string of the molecule is CCC(C)CC(C)CCC(=O)c1ccc(Br)o1. The Balaban J connectivity index is 2.33. The van der Waals surface area contributed by atoms with Crippen molar-refractivity contribution in [2.75, 3.05) is 0 Å². The highest BCUT2D eigenvalue weighted by Gasteiger charge is 2.13. The molecule has 3 heteroatoms. The van der Waals surface area contributed by atoms with Crippen molar-refractivity contribution in [2.24, 2.45) is 11.8 Å². The Hall–Kier alpha value is -0.570. The summed E-state index contributed by atoms with van der Waals surface area (Å²) in [7, 11) is 0. The fourth-order valence-electron chi connectivity index (χ4n) is 1.94. The van der Waals surface area contributed by atoms with Crippen LogP contribution in [0.4, 0.5) is 0 Å². The number of furan rings is 1. The summed E-state index contributed by atoms with van der Waals surface area (Å²) in [4.78, 5) is 11.8. The summed E-state index contributed by atoms with van der Waals surface area (Å²) >= 11 is 3.20. The summed E-state index contributed by atoms with van der Waals surface area (Å²) in [5, 5.41) is 0. The van der Waals surface area contributed by atoms with Crippen molar-refractivity contribution in [3.05, 3.63) is 22.6 Å². The van der Waals surface area contributed by atoms with Gasteiger partial charge in [0.15, 0.2) is 16.2 Å². The molecule has 0 aromatic carbocycles. The number of hydrogen-bond acceptors (Lipinski definition) is 2. The Morgan fingerprint density at radius 3 is 2.59 bits per heavy atom. The molecule has 0 saturated heterocycles. The number of halogens is 1. The second-order valence-electron chi connectivity index (χ2n) is 4.92. The lowest BCUT2D eigenvalue weighted by molar-refractivity contribution is 0.0944. The van der Waals surface area contributed by atoms with Gasteiger partial charge in [0, 0.05) is 6.42 Å². The van der Waals surface area contributed by atoms with E-state index in [1.807, 2.05) is 0 Å². The first-order chi connectivity index (χ1) is 8.02. The third-order valence-corrected chi connectivity index (χ3v) is 3.64. The maximum Gasteiger partial charge on any atom is 0.198 e. The van der Waals surface area contributed by atoms with Gasteiger partial charge in [0.1, 0.15) is 0 Å². The van der Waals surface area contributed by atoms with Crippen LogP contribution in [0.5, 0.6) is 0 Å². The molecule has 1 aromatic rings. The van der Waals surface area contributed by atoms with Crippen molar-refractivity contribution in [3.63, 3.8) is 0 Å². The topological polar surface area (TPSA) is 30.2 Å². The molecule has 2 atom stereocenters. The summed E-state index contributed by atoms with van der Waals surface area (Å²) in [6.07, 6.45) is 3.94. The lowest BCUT2D eigenvalue weighted by atomic mass is 9.91. The molecule has 96 valence electrons. The quantitative estimate of drug-likeness (QED) is 0.658. The lowest BCUT2D eigenvalue weighted by Gasteiger charge is -2.14. The standard InChI is InChI=1S/C14H21BrO2/c1-4-10(2)9-11(3)5-6-12(16)13-7-8-14(15)17-13/h7-8,10-11H,4-6,9H2,1-3H3. The minimum atomic E-state index is 0.103. The predicted molar refractivity (Wildman–Crippen MR) is 73.2 cm³/mol. The van der Waals surface area contributed by atoms with Gasteiger partial charge in [-0.05, 0) is 52.7 Å². The van der Waals surface area contributed by atoms with Crippen molar-refractivity contribution in [1.82, 2.24) is 0 Å². The van der Waals surface area contributed by atoms with Crippen LogP contribution in [0, 0.1) is 11.8 Å². The van der Waals surface area contributed by atoms with E-state index < -0.39 is 0 Å². The third kappa shape index (κ3) is 5.07. The van der Waals surface area contributed by atoms with Gasteiger partial charge < -0.3 is 4.42 Å². The van der Waals surface area contributed by atoms with Crippen LogP contribution in [0.25, 0.3) is 0 Å². The molecule has 0 bridgehead atoms. The molecule has 1 heterocycles. The van der Waals surface area contributed by atoms with E-state index in [1.54, 1.807) is 12.1 Å². The van der Waals surface area contributed by atoms with Crippen molar-refractivity contribution in [1.29, 1.82) is 0 Å². The van der Waals surface area contributed by atoms with Gasteiger partial charge in [-0.3, -0.25) is 4.79 Å². The van der Waals surface area contributed by atoms with E-state index in [0.717, 1.165) is 12.3 Å². The van der Waals surface area contributed by atoms with Crippen LogP contribution in [-0.2, 0) is 0 Å². The van der Waals surface area contributed by atoms with Crippen molar-refractivity contribution in [2.45, 2.75) is 46.5 Å². The smallest absolute Gasteiger partial charge is 0.198 e. The zero-order chi connectivity index (χ0) is 12.8. The average Bonchev–Trinajstić information content (AvgIpc) is 2.72. The van der Waals surface area contributed by atoms with Crippen molar-refractivity contribution in [3.8, 4) is 0 Å². The second-order valence-corrected chi connectivity index (χ2v) is 5.70. The molecule has 0 spiro atoms. The molecule has 0 fully saturated rings. The van der Waals surface area contributed by atoms with Crippen LogP contribution in [0.2, 0.25) is 0 Å². The van der Waals surface area contributed by atoms with Gasteiger partial charge in [-0.25, -0.2) is 0 Å². The van der Waals surface area contributed by atoms with Gasteiger partial charge in [0.25, 0.3) is 0 Å². The number of rotatable bonds is 7. The largest absolute Gasteiger partial charge is 0.446 e. The van der Waals surface area contributed by atoms with Crippen LogP contribution in [0.3, 0.4) is 0 Å². The molecule has 1 rings (SSSR count). The monoisotopic (exact) mass is 300 g/mol. The molecule has 0 saturated carbocycles. The summed E-state index contributed by atoms with van der Waals surface area (Å²) in [5.41, 5.74) is 0. The fraction of sp³-hybridized carbons (Fsp3) is 0.643. The summed E-state index contributed by atoms with van der Waals surface area (Å²) in [5.74, 6) is 1.92. The van der Waals surface area contributed by atoms with Gasteiger partial charge in [-0.15, -0.1) is 0 Å². The zero-order valence-corrected chi connectivity index (χ0v) is 12.4. The Labute approximate surface area is 112 Å². The highest BCUT2D eigenvalue weighted by atomic mass is 79.9. The van der Waals surface area contributed by atoms with E-state index in [0.29, 0.717) is 22.8 Å². The van der Waals surface area contributed by atoms with E-state index in [-0.39, 0.29) is 5.78 Å². The van der Waals surface area contributed by atoms with Crippen LogP contribution in [0.1, 0.15) is 57.0 Å². The molecular formula is C14H21BrO2. The van der Waals surface area contributed by atoms with Gasteiger partial charge in [-0.2, -0.15) is 0 Å². The number of carbonyl (C=O) groups is 1. The third-order valence-electron chi connectivity index (χ3n) is 3.21. The second kappa shape index (κ2) is 7.00. The maximum absolute atomic E-state index is 11.8.